The molecular formula is C26H23NO3. The minimum Gasteiger partial charge on any atom is -0.508 e. The third-order valence-electron chi connectivity index (χ3n) is 5.09. The summed E-state index contributed by atoms with van der Waals surface area (Å²) in [5.74, 6) is 0.428. The van der Waals surface area contributed by atoms with E-state index in [-0.39, 0.29) is 17.3 Å². The number of hydrogen-bond donors (Lipinski definition) is 2. The van der Waals surface area contributed by atoms with Crippen LogP contribution in [0.25, 0.3) is 12.2 Å². The van der Waals surface area contributed by atoms with Crippen molar-refractivity contribution in [2.24, 2.45) is 0 Å². The van der Waals surface area contributed by atoms with Crippen molar-refractivity contribution in [1.82, 2.24) is 4.90 Å². The summed E-state index contributed by atoms with van der Waals surface area (Å²) in [6, 6.07) is 23.9. The average Bonchev–Trinajstić information content (AvgIpc) is 2.75. The number of carbonyl (C=O) groups excluding carboxylic acids is 1. The van der Waals surface area contributed by atoms with Crippen molar-refractivity contribution in [2.45, 2.75) is 6.54 Å². The van der Waals surface area contributed by atoms with Gasteiger partial charge in [0.1, 0.15) is 11.5 Å². The van der Waals surface area contributed by atoms with E-state index >= 15 is 0 Å². The van der Waals surface area contributed by atoms with Gasteiger partial charge in [-0.05, 0) is 53.1 Å². The topological polar surface area (TPSA) is 60.8 Å². The summed E-state index contributed by atoms with van der Waals surface area (Å²) in [6.07, 6.45) is 3.78. The molecule has 0 radical (unpaired) electrons. The maximum atomic E-state index is 13.2. The van der Waals surface area contributed by atoms with E-state index in [2.05, 4.69) is 17.0 Å². The number of phenolic OH excluding ortho intramolecular Hbond substituents is 2. The van der Waals surface area contributed by atoms with Crippen molar-refractivity contribution in [1.29, 1.82) is 0 Å². The van der Waals surface area contributed by atoms with Crippen LogP contribution in [-0.2, 0) is 11.3 Å². The van der Waals surface area contributed by atoms with Gasteiger partial charge >= 0.3 is 0 Å². The Morgan fingerprint density at radius 3 is 1.63 bits per heavy atom. The normalized spacial score (nSPS) is 17.5. The van der Waals surface area contributed by atoms with Crippen LogP contribution in [-0.4, -0.2) is 34.0 Å². The molecule has 3 aromatic carbocycles. The largest absolute Gasteiger partial charge is 0.508 e. The van der Waals surface area contributed by atoms with Crippen LogP contribution in [0.1, 0.15) is 16.7 Å². The van der Waals surface area contributed by atoms with Gasteiger partial charge in [0.15, 0.2) is 5.78 Å². The van der Waals surface area contributed by atoms with Crippen molar-refractivity contribution in [2.75, 3.05) is 13.1 Å². The molecule has 0 amide bonds. The van der Waals surface area contributed by atoms with Crippen molar-refractivity contribution in [3.05, 3.63) is 107 Å². The van der Waals surface area contributed by atoms with Gasteiger partial charge in [0.05, 0.1) is 0 Å². The number of benzene rings is 3. The fourth-order valence-electron chi connectivity index (χ4n) is 3.61. The Bertz CT molecular complexity index is 1010. The van der Waals surface area contributed by atoms with Crippen LogP contribution in [0.15, 0.2) is 90.0 Å². The second-order valence-corrected chi connectivity index (χ2v) is 7.48. The standard InChI is InChI=1S/C26H23NO3/c28-24-10-6-19(7-11-24)14-22-17-27(16-21-4-2-1-3-5-21)18-23(26(22)30)15-20-8-12-25(29)13-9-20/h1-15,28-29H,16-18H2/b22-14-,23-15-. The molecule has 4 heteroatoms. The number of piperidine rings is 1. The van der Waals surface area contributed by atoms with E-state index in [4.69, 9.17) is 0 Å². The fraction of sp³-hybridized carbons (Fsp3) is 0.115. The highest BCUT2D eigenvalue weighted by Crippen LogP contribution is 2.24. The number of rotatable bonds is 4. The van der Waals surface area contributed by atoms with Crippen molar-refractivity contribution >= 4 is 17.9 Å². The molecule has 0 saturated carbocycles. The lowest BCUT2D eigenvalue weighted by Crippen LogP contribution is -2.37. The predicted molar refractivity (Wildman–Crippen MR) is 119 cm³/mol. The zero-order chi connectivity index (χ0) is 20.9. The number of hydrogen-bond acceptors (Lipinski definition) is 4. The van der Waals surface area contributed by atoms with Crippen LogP contribution in [0.3, 0.4) is 0 Å². The number of Topliss-reactive ketones (excluding diaryl/α,β-unsaturated/α-hetero) is 1. The molecule has 0 atom stereocenters. The number of phenols is 2. The molecule has 0 unspecified atom stereocenters. The summed E-state index contributed by atoms with van der Waals surface area (Å²) in [5, 5.41) is 19.0. The molecule has 0 aliphatic carbocycles. The summed E-state index contributed by atoms with van der Waals surface area (Å²) in [6.45, 7) is 1.86. The van der Waals surface area contributed by atoms with Crippen LogP contribution in [0, 0.1) is 0 Å². The first-order valence-corrected chi connectivity index (χ1v) is 9.87. The van der Waals surface area contributed by atoms with E-state index in [1.807, 2.05) is 30.4 Å². The molecule has 30 heavy (non-hydrogen) atoms. The number of likely N-dealkylation sites (tertiary alicyclic amines) is 1. The number of carbonyl (C=O) groups is 1. The molecule has 150 valence electrons. The van der Waals surface area contributed by atoms with Crippen LogP contribution in [0.4, 0.5) is 0 Å². The van der Waals surface area contributed by atoms with E-state index in [9.17, 15) is 15.0 Å². The van der Waals surface area contributed by atoms with Crippen LogP contribution < -0.4 is 0 Å². The highest BCUT2D eigenvalue weighted by molar-refractivity contribution is 6.14. The van der Waals surface area contributed by atoms with Gasteiger partial charge in [-0.2, -0.15) is 0 Å². The summed E-state index contributed by atoms with van der Waals surface area (Å²) in [5.41, 5.74) is 4.38. The maximum Gasteiger partial charge on any atom is 0.187 e. The Kier molecular flexibility index (Phi) is 5.77. The number of nitrogens with zero attached hydrogens (tertiary/aromatic N) is 1. The third kappa shape index (κ3) is 4.85. The zero-order valence-electron chi connectivity index (χ0n) is 16.5. The molecule has 1 aliphatic rings. The monoisotopic (exact) mass is 397 g/mol. The van der Waals surface area contributed by atoms with Crippen LogP contribution in [0.5, 0.6) is 11.5 Å². The third-order valence-corrected chi connectivity index (χ3v) is 5.09. The van der Waals surface area contributed by atoms with Crippen LogP contribution in [0.2, 0.25) is 0 Å². The van der Waals surface area contributed by atoms with Crippen molar-refractivity contribution in [3.8, 4) is 11.5 Å². The second kappa shape index (κ2) is 8.80. The molecule has 0 bridgehead atoms. The first-order chi connectivity index (χ1) is 14.6. The SMILES string of the molecule is O=C1/C(=C\c2ccc(O)cc2)CN(Cc2ccccc2)C/C1=C/c1ccc(O)cc1. The van der Waals surface area contributed by atoms with E-state index in [0.717, 1.165) is 17.7 Å². The molecule has 1 heterocycles. The summed E-state index contributed by atoms with van der Waals surface area (Å²) in [4.78, 5) is 15.4. The Labute approximate surface area is 176 Å². The molecular weight excluding hydrogens is 374 g/mol. The number of ketones is 1. The van der Waals surface area contributed by atoms with Gasteiger partial charge < -0.3 is 10.2 Å². The average molecular weight is 397 g/mol. The Hall–Kier alpha value is -3.63. The second-order valence-electron chi connectivity index (χ2n) is 7.48. The molecule has 3 aromatic rings. The van der Waals surface area contributed by atoms with Crippen molar-refractivity contribution in [3.63, 3.8) is 0 Å². The molecule has 1 saturated heterocycles. The molecule has 4 nitrogen and oxygen atoms in total. The Morgan fingerprint density at radius 2 is 1.17 bits per heavy atom. The highest BCUT2D eigenvalue weighted by atomic mass is 16.3. The van der Waals surface area contributed by atoms with Crippen molar-refractivity contribution < 1.29 is 15.0 Å². The van der Waals surface area contributed by atoms with Gasteiger partial charge in [0, 0.05) is 30.8 Å². The fourth-order valence-corrected chi connectivity index (χ4v) is 3.61. The molecule has 1 aliphatic heterocycles. The zero-order valence-corrected chi connectivity index (χ0v) is 16.5. The minimum atomic E-state index is 0.0282. The van der Waals surface area contributed by atoms with E-state index in [0.29, 0.717) is 24.2 Å². The van der Waals surface area contributed by atoms with Gasteiger partial charge in [0.2, 0.25) is 0 Å². The van der Waals surface area contributed by atoms with Gasteiger partial charge in [-0.15, -0.1) is 0 Å². The summed E-state index contributed by atoms with van der Waals surface area (Å²) in [7, 11) is 0. The molecule has 0 spiro atoms. The Morgan fingerprint density at radius 1 is 0.700 bits per heavy atom. The molecule has 0 aromatic heterocycles. The lowest BCUT2D eigenvalue weighted by atomic mass is 9.94. The number of aromatic hydroxyl groups is 2. The van der Waals surface area contributed by atoms with Gasteiger partial charge in [-0.25, -0.2) is 0 Å². The Balaban J connectivity index is 1.67. The molecule has 2 N–H and O–H groups in total. The lowest BCUT2D eigenvalue weighted by molar-refractivity contribution is -0.113. The first kappa shape index (κ1) is 19.7. The summed E-state index contributed by atoms with van der Waals surface area (Å²) < 4.78 is 0. The van der Waals surface area contributed by atoms with E-state index < -0.39 is 0 Å². The highest BCUT2D eigenvalue weighted by Gasteiger charge is 2.26. The van der Waals surface area contributed by atoms with Gasteiger partial charge in [-0.1, -0.05) is 54.6 Å². The molecule has 4 rings (SSSR count). The molecule has 1 fully saturated rings. The smallest absolute Gasteiger partial charge is 0.187 e. The first-order valence-electron chi connectivity index (χ1n) is 9.87. The van der Waals surface area contributed by atoms with E-state index in [1.165, 1.54) is 5.56 Å². The lowest BCUT2D eigenvalue weighted by Gasteiger charge is -2.30. The van der Waals surface area contributed by atoms with Gasteiger partial charge in [0.25, 0.3) is 0 Å². The van der Waals surface area contributed by atoms with E-state index in [1.54, 1.807) is 48.5 Å². The quantitative estimate of drug-likeness (QED) is 0.629. The summed E-state index contributed by atoms with van der Waals surface area (Å²) >= 11 is 0. The minimum absolute atomic E-state index is 0.0282. The van der Waals surface area contributed by atoms with Crippen LogP contribution >= 0.6 is 0 Å². The maximum absolute atomic E-state index is 13.2. The van der Waals surface area contributed by atoms with Gasteiger partial charge in [-0.3, -0.25) is 9.69 Å². The predicted octanol–water partition coefficient (Wildman–Crippen LogP) is 4.65.